The van der Waals surface area contributed by atoms with Gasteiger partial charge < -0.3 is 15.6 Å². The summed E-state index contributed by atoms with van der Waals surface area (Å²) in [6, 6.07) is 9.95. The Labute approximate surface area is 89.7 Å². The molecular weight excluding hydrogens is 194 g/mol. The number of hydrogen-bond acceptors (Lipinski definition) is 3. The van der Waals surface area contributed by atoms with Gasteiger partial charge in [-0.2, -0.15) is 0 Å². The van der Waals surface area contributed by atoms with E-state index in [4.69, 9.17) is 5.11 Å². The highest BCUT2D eigenvalue weighted by Gasteiger charge is 1.85. The zero-order valence-electron chi connectivity index (χ0n) is 8.85. The van der Waals surface area contributed by atoms with Gasteiger partial charge in [-0.1, -0.05) is 30.3 Å². The molecule has 0 fully saturated rings. The monoisotopic (exact) mass is 211 g/mol. The Morgan fingerprint density at radius 3 is 2.33 bits per heavy atom. The summed E-state index contributed by atoms with van der Waals surface area (Å²) in [4.78, 5) is 9.60. The van der Waals surface area contributed by atoms with E-state index in [0.717, 1.165) is 6.42 Å². The molecule has 0 aliphatic heterocycles. The van der Waals surface area contributed by atoms with Crippen molar-refractivity contribution in [3.05, 3.63) is 35.9 Å². The predicted molar refractivity (Wildman–Crippen MR) is 58.4 cm³/mol. The van der Waals surface area contributed by atoms with Gasteiger partial charge in [-0.3, -0.25) is 0 Å². The standard InChI is InChI=1S/C8H10O.C3H7NO2/c9-7-6-8-4-2-1-3-5-8;1-2-6-3(4)5/h1-5,9H,6-7H2;2H2,1H3,(H2,4,5). The van der Waals surface area contributed by atoms with Crippen LogP contribution in [0.3, 0.4) is 0 Å². The molecule has 4 heteroatoms. The summed E-state index contributed by atoms with van der Waals surface area (Å²) in [5.41, 5.74) is 5.74. The minimum atomic E-state index is -0.711. The van der Waals surface area contributed by atoms with E-state index in [1.165, 1.54) is 5.56 Å². The van der Waals surface area contributed by atoms with E-state index < -0.39 is 6.09 Å². The van der Waals surface area contributed by atoms with Crippen LogP contribution in [-0.4, -0.2) is 24.4 Å². The van der Waals surface area contributed by atoms with Crippen LogP contribution in [0, 0.1) is 0 Å². The Morgan fingerprint density at radius 1 is 1.40 bits per heavy atom. The molecule has 0 saturated heterocycles. The van der Waals surface area contributed by atoms with Crippen molar-refractivity contribution in [1.29, 1.82) is 0 Å². The van der Waals surface area contributed by atoms with Crippen LogP contribution in [0.15, 0.2) is 30.3 Å². The van der Waals surface area contributed by atoms with Gasteiger partial charge >= 0.3 is 6.09 Å². The molecule has 1 aromatic rings. The van der Waals surface area contributed by atoms with E-state index in [1.54, 1.807) is 6.92 Å². The molecule has 0 aromatic heterocycles. The Morgan fingerprint density at radius 2 is 2.00 bits per heavy atom. The van der Waals surface area contributed by atoms with Gasteiger partial charge in [0, 0.05) is 6.61 Å². The van der Waals surface area contributed by atoms with E-state index in [9.17, 15) is 4.79 Å². The molecule has 1 aromatic carbocycles. The van der Waals surface area contributed by atoms with Crippen molar-refractivity contribution in [3.63, 3.8) is 0 Å². The number of amides is 1. The molecule has 0 heterocycles. The van der Waals surface area contributed by atoms with Crippen molar-refractivity contribution < 1.29 is 14.6 Å². The lowest BCUT2D eigenvalue weighted by atomic mass is 10.2. The van der Waals surface area contributed by atoms with Crippen LogP contribution in [0.2, 0.25) is 0 Å². The van der Waals surface area contributed by atoms with E-state index in [1.807, 2.05) is 30.3 Å². The van der Waals surface area contributed by atoms with E-state index >= 15 is 0 Å². The molecule has 0 aliphatic rings. The first-order chi connectivity index (χ1) is 7.20. The molecule has 0 bridgehead atoms. The van der Waals surface area contributed by atoms with Gasteiger partial charge in [0.1, 0.15) is 0 Å². The fourth-order valence-electron chi connectivity index (χ4n) is 0.916. The number of nitrogens with two attached hydrogens (primary N) is 1. The molecule has 3 N–H and O–H groups in total. The minimum Gasteiger partial charge on any atom is -0.450 e. The lowest BCUT2D eigenvalue weighted by Crippen LogP contribution is -2.11. The highest BCUT2D eigenvalue weighted by molar-refractivity contribution is 5.64. The number of carbonyl (C=O) groups excluding carboxylic acids is 1. The van der Waals surface area contributed by atoms with Crippen molar-refractivity contribution in [2.75, 3.05) is 13.2 Å². The topological polar surface area (TPSA) is 72.5 Å². The molecule has 0 aliphatic carbocycles. The van der Waals surface area contributed by atoms with Crippen molar-refractivity contribution in [2.45, 2.75) is 13.3 Å². The maximum absolute atomic E-state index is 9.60. The summed E-state index contributed by atoms with van der Waals surface area (Å²) in [5.74, 6) is 0. The van der Waals surface area contributed by atoms with E-state index in [-0.39, 0.29) is 6.61 Å². The second-order valence-corrected chi connectivity index (χ2v) is 2.71. The van der Waals surface area contributed by atoms with Crippen LogP contribution >= 0.6 is 0 Å². The zero-order valence-corrected chi connectivity index (χ0v) is 8.85. The maximum Gasteiger partial charge on any atom is 0.404 e. The first-order valence-electron chi connectivity index (χ1n) is 4.77. The Kier molecular flexibility index (Phi) is 8.09. The van der Waals surface area contributed by atoms with E-state index in [2.05, 4.69) is 10.5 Å². The van der Waals surface area contributed by atoms with Gasteiger partial charge in [-0.25, -0.2) is 4.79 Å². The Balaban J connectivity index is 0.000000288. The van der Waals surface area contributed by atoms with Crippen LogP contribution in [0.25, 0.3) is 0 Å². The van der Waals surface area contributed by atoms with Crippen molar-refractivity contribution in [2.24, 2.45) is 5.73 Å². The number of ether oxygens (including phenoxy) is 1. The Bertz CT molecular complexity index is 262. The summed E-state index contributed by atoms with van der Waals surface area (Å²) in [5, 5.41) is 8.52. The summed E-state index contributed by atoms with van der Waals surface area (Å²) >= 11 is 0. The second-order valence-electron chi connectivity index (χ2n) is 2.71. The van der Waals surface area contributed by atoms with Gasteiger partial charge in [0.25, 0.3) is 0 Å². The highest BCUT2D eigenvalue weighted by atomic mass is 16.5. The Hall–Kier alpha value is -1.55. The first-order valence-corrected chi connectivity index (χ1v) is 4.77. The van der Waals surface area contributed by atoms with Crippen molar-refractivity contribution in [1.82, 2.24) is 0 Å². The van der Waals surface area contributed by atoms with Gasteiger partial charge in [0.2, 0.25) is 0 Å². The first kappa shape index (κ1) is 13.4. The lowest BCUT2D eigenvalue weighted by Gasteiger charge is -1.93. The molecule has 0 unspecified atom stereocenters. The highest BCUT2D eigenvalue weighted by Crippen LogP contribution is 1.97. The molecule has 0 saturated carbocycles. The SMILES string of the molecule is CCOC(N)=O.OCCc1ccccc1. The van der Waals surface area contributed by atoms with Crippen LogP contribution in [0.4, 0.5) is 4.79 Å². The van der Waals surface area contributed by atoms with Crippen LogP contribution in [-0.2, 0) is 11.2 Å². The number of rotatable bonds is 3. The molecule has 15 heavy (non-hydrogen) atoms. The molecular formula is C11H17NO3. The fraction of sp³-hybridized carbons (Fsp3) is 0.364. The third kappa shape index (κ3) is 8.77. The van der Waals surface area contributed by atoms with Crippen molar-refractivity contribution in [3.8, 4) is 0 Å². The molecule has 0 spiro atoms. The molecule has 4 nitrogen and oxygen atoms in total. The van der Waals surface area contributed by atoms with Crippen LogP contribution in [0.1, 0.15) is 12.5 Å². The largest absolute Gasteiger partial charge is 0.450 e. The number of aliphatic hydroxyl groups excluding tert-OH is 1. The summed E-state index contributed by atoms with van der Waals surface area (Å²) in [6.07, 6.45) is 0.0541. The van der Waals surface area contributed by atoms with Gasteiger partial charge in [0.15, 0.2) is 0 Å². The molecule has 0 radical (unpaired) electrons. The normalized spacial score (nSPS) is 8.67. The quantitative estimate of drug-likeness (QED) is 0.792. The zero-order chi connectivity index (χ0) is 11.5. The number of hydrogen-bond donors (Lipinski definition) is 2. The van der Waals surface area contributed by atoms with Crippen molar-refractivity contribution >= 4 is 6.09 Å². The van der Waals surface area contributed by atoms with E-state index in [0.29, 0.717) is 6.61 Å². The average Bonchev–Trinajstić information content (AvgIpc) is 2.20. The molecule has 1 rings (SSSR count). The smallest absolute Gasteiger partial charge is 0.404 e. The number of benzene rings is 1. The van der Waals surface area contributed by atoms with Gasteiger partial charge in [-0.15, -0.1) is 0 Å². The van der Waals surface area contributed by atoms with Crippen LogP contribution in [0.5, 0.6) is 0 Å². The summed E-state index contributed by atoms with van der Waals surface area (Å²) in [7, 11) is 0. The number of aliphatic hydroxyl groups is 1. The minimum absolute atomic E-state index is 0.240. The predicted octanol–water partition coefficient (Wildman–Crippen LogP) is 1.32. The maximum atomic E-state index is 9.60. The lowest BCUT2D eigenvalue weighted by molar-refractivity contribution is 0.163. The summed E-state index contributed by atoms with van der Waals surface area (Å²) < 4.78 is 4.18. The fourth-order valence-corrected chi connectivity index (χ4v) is 0.916. The molecule has 0 atom stereocenters. The van der Waals surface area contributed by atoms with Gasteiger partial charge in [0.05, 0.1) is 6.61 Å². The second kappa shape index (κ2) is 9.02. The summed E-state index contributed by atoms with van der Waals surface area (Å²) in [6.45, 7) is 2.30. The van der Waals surface area contributed by atoms with Crippen LogP contribution < -0.4 is 5.73 Å². The molecule has 84 valence electrons. The third-order valence-electron chi connectivity index (χ3n) is 1.53. The number of primary amides is 1. The van der Waals surface area contributed by atoms with Gasteiger partial charge in [-0.05, 0) is 18.9 Å². The number of carbonyl (C=O) groups is 1. The molecule has 1 amide bonds. The average molecular weight is 211 g/mol. The third-order valence-corrected chi connectivity index (χ3v) is 1.53.